The van der Waals surface area contributed by atoms with Gasteiger partial charge >= 0.3 is 0 Å². The molecule has 0 spiro atoms. The first-order valence-corrected chi connectivity index (χ1v) is 5.80. The van der Waals surface area contributed by atoms with Crippen molar-refractivity contribution in [2.24, 2.45) is 5.14 Å². The van der Waals surface area contributed by atoms with Gasteiger partial charge in [-0.25, -0.2) is 13.6 Å². The van der Waals surface area contributed by atoms with Gasteiger partial charge in [0.1, 0.15) is 17.6 Å². The summed E-state index contributed by atoms with van der Waals surface area (Å²) < 4.78 is 26.9. The van der Waals surface area contributed by atoms with Gasteiger partial charge in [-0.3, -0.25) is 0 Å². The summed E-state index contributed by atoms with van der Waals surface area (Å²) in [6.45, 7) is 1.58. The summed E-state index contributed by atoms with van der Waals surface area (Å²) in [4.78, 5) is 0. The highest BCUT2D eigenvalue weighted by molar-refractivity contribution is 7.89. The molecule has 4 nitrogen and oxygen atoms in total. The maximum Gasteiger partial charge on any atom is 0.215 e. The second kappa shape index (κ2) is 4.43. The lowest BCUT2D eigenvalue weighted by atomic mass is 10.3. The van der Waals surface area contributed by atoms with Gasteiger partial charge in [-0.1, -0.05) is 18.2 Å². The Morgan fingerprint density at radius 2 is 1.93 bits per heavy atom. The summed E-state index contributed by atoms with van der Waals surface area (Å²) in [6.07, 6.45) is 0. The fourth-order valence-electron chi connectivity index (χ4n) is 0.825. The quantitative estimate of drug-likeness (QED) is 0.805. The fraction of sp³-hybridized carbons (Fsp3) is 0.333. The van der Waals surface area contributed by atoms with E-state index in [2.05, 4.69) is 0 Å². The van der Waals surface area contributed by atoms with Crippen molar-refractivity contribution < 1.29 is 13.2 Å². The van der Waals surface area contributed by atoms with E-state index in [1.165, 1.54) is 6.92 Å². The van der Waals surface area contributed by atoms with E-state index < -0.39 is 15.3 Å². The first-order chi connectivity index (χ1) is 6.50. The van der Waals surface area contributed by atoms with Crippen LogP contribution in [0.3, 0.4) is 0 Å². The molecule has 5 heteroatoms. The molecule has 0 radical (unpaired) electrons. The van der Waals surface area contributed by atoms with Crippen LogP contribution < -0.4 is 9.88 Å². The standard InChI is InChI=1S/C9H13NO3S/c1-8(14(10,11)12)7-13-9-5-3-2-4-6-9/h2-6,8H,7H2,1H3,(H2,10,11,12). The molecule has 0 heterocycles. The Labute approximate surface area is 83.7 Å². The smallest absolute Gasteiger partial charge is 0.215 e. The van der Waals surface area contributed by atoms with Crippen molar-refractivity contribution in [3.63, 3.8) is 0 Å². The molecule has 0 aliphatic carbocycles. The third-order valence-corrected chi connectivity index (χ3v) is 3.05. The van der Waals surface area contributed by atoms with E-state index in [-0.39, 0.29) is 6.61 Å². The van der Waals surface area contributed by atoms with Crippen molar-refractivity contribution >= 4 is 10.0 Å². The van der Waals surface area contributed by atoms with E-state index in [0.717, 1.165) is 0 Å². The summed E-state index contributed by atoms with van der Waals surface area (Å²) in [5.41, 5.74) is 0. The molecule has 0 amide bonds. The molecule has 14 heavy (non-hydrogen) atoms. The van der Waals surface area contributed by atoms with Crippen molar-refractivity contribution in [3.8, 4) is 5.75 Å². The predicted octanol–water partition coefficient (Wildman–Crippen LogP) is 0.742. The Bertz CT molecular complexity index is 374. The molecular formula is C9H13NO3S. The van der Waals surface area contributed by atoms with E-state index in [0.29, 0.717) is 5.75 Å². The molecule has 0 aliphatic heterocycles. The van der Waals surface area contributed by atoms with Crippen LogP contribution >= 0.6 is 0 Å². The SMILES string of the molecule is CC(COc1ccccc1)S(N)(=O)=O. The Morgan fingerprint density at radius 3 is 2.43 bits per heavy atom. The molecular weight excluding hydrogens is 202 g/mol. The molecule has 1 aromatic carbocycles. The van der Waals surface area contributed by atoms with E-state index >= 15 is 0 Å². The number of hydrogen-bond donors (Lipinski definition) is 1. The Kier molecular flexibility index (Phi) is 3.49. The number of primary sulfonamides is 1. The zero-order valence-electron chi connectivity index (χ0n) is 7.88. The molecule has 0 bridgehead atoms. The molecule has 0 aliphatic rings. The Balaban J connectivity index is 2.50. The highest BCUT2D eigenvalue weighted by atomic mass is 32.2. The van der Waals surface area contributed by atoms with Crippen LogP contribution in [0.1, 0.15) is 6.92 Å². The fourth-order valence-corrected chi connectivity index (χ4v) is 1.08. The van der Waals surface area contributed by atoms with Crippen LogP contribution in [-0.2, 0) is 10.0 Å². The van der Waals surface area contributed by atoms with Crippen molar-refractivity contribution in [3.05, 3.63) is 30.3 Å². The van der Waals surface area contributed by atoms with Crippen LogP contribution in [0, 0.1) is 0 Å². The third-order valence-electron chi connectivity index (χ3n) is 1.79. The largest absolute Gasteiger partial charge is 0.492 e. The van der Waals surface area contributed by atoms with Gasteiger partial charge in [-0.05, 0) is 19.1 Å². The lowest BCUT2D eigenvalue weighted by molar-refractivity contribution is 0.317. The molecule has 1 rings (SSSR count). The number of rotatable bonds is 4. The predicted molar refractivity (Wildman–Crippen MR) is 54.5 cm³/mol. The van der Waals surface area contributed by atoms with Crippen molar-refractivity contribution in [2.75, 3.05) is 6.61 Å². The zero-order chi connectivity index (χ0) is 10.6. The monoisotopic (exact) mass is 215 g/mol. The number of nitrogens with two attached hydrogens (primary N) is 1. The van der Waals surface area contributed by atoms with E-state index in [9.17, 15) is 8.42 Å². The Morgan fingerprint density at radius 1 is 1.36 bits per heavy atom. The lowest BCUT2D eigenvalue weighted by Gasteiger charge is -2.10. The summed E-state index contributed by atoms with van der Waals surface area (Å²) in [5.74, 6) is 0.642. The van der Waals surface area contributed by atoms with Gasteiger partial charge in [0.25, 0.3) is 0 Å². The molecule has 1 unspecified atom stereocenters. The average Bonchev–Trinajstić information content (AvgIpc) is 2.14. The normalized spacial score (nSPS) is 13.6. The van der Waals surface area contributed by atoms with E-state index in [4.69, 9.17) is 9.88 Å². The molecule has 0 fully saturated rings. The second-order valence-corrected chi connectivity index (χ2v) is 5.01. The van der Waals surface area contributed by atoms with Crippen LogP contribution in [-0.4, -0.2) is 20.3 Å². The maximum atomic E-state index is 10.9. The topological polar surface area (TPSA) is 69.4 Å². The van der Waals surface area contributed by atoms with Gasteiger partial charge in [0.15, 0.2) is 0 Å². The number of para-hydroxylation sites is 1. The van der Waals surface area contributed by atoms with Gasteiger partial charge in [-0.2, -0.15) is 0 Å². The second-order valence-electron chi connectivity index (χ2n) is 3.02. The third kappa shape index (κ3) is 3.35. The van der Waals surface area contributed by atoms with Gasteiger partial charge in [0.05, 0.1) is 0 Å². The Hall–Kier alpha value is -1.07. The molecule has 78 valence electrons. The number of sulfonamides is 1. The zero-order valence-corrected chi connectivity index (χ0v) is 8.70. The lowest BCUT2D eigenvalue weighted by Crippen LogP contribution is -2.30. The summed E-state index contributed by atoms with van der Waals surface area (Å²) in [5, 5.41) is 4.24. The van der Waals surface area contributed by atoms with Gasteiger partial charge < -0.3 is 4.74 Å². The maximum absolute atomic E-state index is 10.9. The van der Waals surface area contributed by atoms with E-state index in [1.54, 1.807) is 12.1 Å². The summed E-state index contributed by atoms with van der Waals surface area (Å²) in [6, 6.07) is 9.01. The van der Waals surface area contributed by atoms with Crippen LogP contribution in [0.5, 0.6) is 5.75 Å². The molecule has 1 atom stereocenters. The number of ether oxygens (including phenoxy) is 1. The highest BCUT2D eigenvalue weighted by Gasteiger charge is 2.15. The highest BCUT2D eigenvalue weighted by Crippen LogP contribution is 2.09. The van der Waals surface area contributed by atoms with Crippen LogP contribution in [0.2, 0.25) is 0 Å². The number of benzene rings is 1. The van der Waals surface area contributed by atoms with Crippen LogP contribution in [0.4, 0.5) is 0 Å². The van der Waals surface area contributed by atoms with Crippen LogP contribution in [0.25, 0.3) is 0 Å². The van der Waals surface area contributed by atoms with Crippen molar-refractivity contribution in [1.29, 1.82) is 0 Å². The minimum absolute atomic E-state index is 0.0723. The average molecular weight is 215 g/mol. The molecule has 1 aromatic rings. The molecule has 0 saturated heterocycles. The minimum Gasteiger partial charge on any atom is -0.492 e. The van der Waals surface area contributed by atoms with Crippen molar-refractivity contribution in [1.82, 2.24) is 0 Å². The van der Waals surface area contributed by atoms with Gasteiger partial charge in [0.2, 0.25) is 10.0 Å². The first-order valence-electron chi connectivity index (χ1n) is 4.19. The molecule has 0 aromatic heterocycles. The van der Waals surface area contributed by atoms with Crippen LogP contribution in [0.15, 0.2) is 30.3 Å². The molecule has 0 saturated carbocycles. The summed E-state index contributed by atoms with van der Waals surface area (Å²) in [7, 11) is -3.50. The van der Waals surface area contributed by atoms with E-state index in [1.807, 2.05) is 18.2 Å². The number of hydrogen-bond acceptors (Lipinski definition) is 3. The van der Waals surface area contributed by atoms with Gasteiger partial charge in [0, 0.05) is 0 Å². The first kappa shape index (κ1) is 11.0. The van der Waals surface area contributed by atoms with Gasteiger partial charge in [-0.15, -0.1) is 0 Å². The molecule has 2 N–H and O–H groups in total. The summed E-state index contributed by atoms with van der Waals surface area (Å²) >= 11 is 0. The minimum atomic E-state index is -3.50. The van der Waals surface area contributed by atoms with Crippen molar-refractivity contribution in [2.45, 2.75) is 12.2 Å².